The predicted octanol–water partition coefficient (Wildman–Crippen LogP) is 3.47. The van der Waals surface area contributed by atoms with Crippen LogP contribution in [0.2, 0.25) is 0 Å². The average Bonchev–Trinajstić information content (AvgIpc) is 3.01. The molecule has 136 valence electrons. The summed E-state index contributed by atoms with van der Waals surface area (Å²) in [6, 6.07) is 15.4. The first-order valence-electron chi connectivity index (χ1n) is 8.33. The van der Waals surface area contributed by atoms with E-state index in [4.69, 9.17) is 0 Å². The summed E-state index contributed by atoms with van der Waals surface area (Å²) in [6.45, 7) is 0. The second-order valence-electron chi connectivity index (χ2n) is 6.07. The third-order valence-corrected chi connectivity index (χ3v) is 5.68. The Bertz CT molecular complexity index is 1160. The van der Waals surface area contributed by atoms with E-state index in [1.165, 1.54) is 21.7 Å². The second-order valence-corrected chi connectivity index (χ2v) is 7.93. The van der Waals surface area contributed by atoms with Gasteiger partial charge in [0.1, 0.15) is 11.5 Å². The van der Waals surface area contributed by atoms with Crippen molar-refractivity contribution in [2.75, 3.05) is 0 Å². The number of halogens is 1. The Morgan fingerprint density at radius 1 is 1.11 bits per heavy atom. The van der Waals surface area contributed by atoms with E-state index in [1.54, 1.807) is 12.3 Å². The van der Waals surface area contributed by atoms with Gasteiger partial charge in [-0.25, -0.2) is 4.98 Å². The molecule has 4 aromatic rings. The third-order valence-electron chi connectivity index (χ3n) is 4.16. The van der Waals surface area contributed by atoms with Crippen LogP contribution in [0.4, 0.5) is 0 Å². The molecule has 0 N–H and O–H groups in total. The molecule has 6 nitrogen and oxygen atoms in total. The molecule has 27 heavy (non-hydrogen) atoms. The minimum atomic E-state index is -0.0976. The number of thioether (sulfide) groups is 1. The molecule has 0 spiro atoms. The highest BCUT2D eigenvalue weighted by molar-refractivity contribution is 9.10. The van der Waals surface area contributed by atoms with Gasteiger partial charge in [-0.05, 0) is 33.6 Å². The summed E-state index contributed by atoms with van der Waals surface area (Å²) in [6.07, 6.45) is 2.45. The third kappa shape index (κ3) is 3.96. The Labute approximate surface area is 168 Å². The zero-order valence-electron chi connectivity index (χ0n) is 14.5. The molecule has 0 saturated heterocycles. The van der Waals surface area contributed by atoms with Crippen LogP contribution in [-0.2, 0) is 19.2 Å². The van der Waals surface area contributed by atoms with E-state index in [9.17, 15) is 4.79 Å². The molecule has 3 heterocycles. The quantitative estimate of drug-likeness (QED) is 0.443. The summed E-state index contributed by atoms with van der Waals surface area (Å²) in [7, 11) is 1.96. The van der Waals surface area contributed by atoms with Crippen molar-refractivity contribution in [3.05, 3.63) is 86.6 Å². The van der Waals surface area contributed by atoms with Gasteiger partial charge in [0.05, 0.1) is 5.69 Å². The summed E-state index contributed by atoms with van der Waals surface area (Å²) in [5.74, 6) is 1.46. The van der Waals surface area contributed by atoms with Crippen molar-refractivity contribution in [3.8, 4) is 0 Å². The highest BCUT2D eigenvalue weighted by Gasteiger charge is 2.11. The SMILES string of the molecule is Cn1c(Cc2ccccc2)nnc1SCc1cc(=O)n2cc(Br)ccc2n1. The van der Waals surface area contributed by atoms with Gasteiger partial charge in [0, 0.05) is 36.0 Å². The van der Waals surface area contributed by atoms with Gasteiger partial charge in [-0.15, -0.1) is 10.2 Å². The number of hydrogen-bond donors (Lipinski definition) is 0. The number of aromatic nitrogens is 5. The number of benzene rings is 1. The van der Waals surface area contributed by atoms with Gasteiger partial charge in [-0.2, -0.15) is 0 Å². The van der Waals surface area contributed by atoms with Crippen LogP contribution in [0, 0.1) is 0 Å². The number of nitrogens with zero attached hydrogens (tertiary/aromatic N) is 5. The maximum absolute atomic E-state index is 12.3. The maximum atomic E-state index is 12.3. The first-order valence-corrected chi connectivity index (χ1v) is 10.1. The smallest absolute Gasteiger partial charge is 0.258 e. The molecule has 0 aliphatic carbocycles. The number of hydrogen-bond acceptors (Lipinski definition) is 5. The van der Waals surface area contributed by atoms with Crippen LogP contribution < -0.4 is 5.56 Å². The minimum Gasteiger partial charge on any atom is -0.309 e. The zero-order valence-corrected chi connectivity index (χ0v) is 16.9. The topological polar surface area (TPSA) is 65.1 Å². The molecule has 0 saturated carbocycles. The molecule has 4 rings (SSSR count). The van der Waals surface area contributed by atoms with Crippen molar-refractivity contribution < 1.29 is 0 Å². The zero-order chi connectivity index (χ0) is 18.8. The standard InChI is InChI=1S/C19H16BrN5OS/c1-24-17(9-13-5-3-2-4-6-13)22-23-19(24)27-12-15-10-18(26)25-11-14(20)7-8-16(25)21-15/h2-8,10-11H,9,12H2,1H3. The molecule has 3 aromatic heterocycles. The van der Waals surface area contributed by atoms with Crippen molar-refractivity contribution in [1.82, 2.24) is 24.1 Å². The van der Waals surface area contributed by atoms with E-state index in [-0.39, 0.29) is 5.56 Å². The van der Waals surface area contributed by atoms with Crippen molar-refractivity contribution >= 4 is 33.3 Å². The van der Waals surface area contributed by atoms with Crippen LogP contribution in [0.1, 0.15) is 17.1 Å². The Morgan fingerprint density at radius 2 is 1.93 bits per heavy atom. The van der Waals surface area contributed by atoms with Crippen LogP contribution >= 0.6 is 27.7 Å². The maximum Gasteiger partial charge on any atom is 0.258 e. The van der Waals surface area contributed by atoms with E-state index in [0.717, 1.165) is 27.6 Å². The van der Waals surface area contributed by atoms with Crippen molar-refractivity contribution in [1.29, 1.82) is 0 Å². The Kier molecular flexibility index (Phi) is 5.09. The van der Waals surface area contributed by atoms with Crippen molar-refractivity contribution in [2.45, 2.75) is 17.3 Å². The largest absolute Gasteiger partial charge is 0.309 e. The molecular weight excluding hydrogens is 426 g/mol. The fraction of sp³-hybridized carbons (Fsp3) is 0.158. The minimum absolute atomic E-state index is 0.0976. The lowest BCUT2D eigenvalue weighted by Crippen LogP contribution is -2.15. The Morgan fingerprint density at radius 3 is 2.74 bits per heavy atom. The van der Waals surface area contributed by atoms with E-state index in [0.29, 0.717) is 11.4 Å². The predicted molar refractivity (Wildman–Crippen MR) is 109 cm³/mol. The van der Waals surface area contributed by atoms with Gasteiger partial charge in [0.25, 0.3) is 5.56 Å². The molecule has 0 aliphatic heterocycles. The lowest BCUT2D eigenvalue weighted by molar-refractivity contribution is 0.748. The molecule has 0 bridgehead atoms. The normalized spacial score (nSPS) is 11.2. The fourth-order valence-electron chi connectivity index (χ4n) is 2.74. The summed E-state index contributed by atoms with van der Waals surface area (Å²) >= 11 is 4.89. The molecule has 8 heteroatoms. The molecule has 0 radical (unpaired) electrons. The summed E-state index contributed by atoms with van der Waals surface area (Å²) in [5, 5.41) is 9.39. The van der Waals surface area contributed by atoms with Crippen LogP contribution in [0.3, 0.4) is 0 Å². The van der Waals surface area contributed by atoms with Crippen LogP contribution in [-0.4, -0.2) is 24.1 Å². The second kappa shape index (κ2) is 7.66. The highest BCUT2D eigenvalue weighted by atomic mass is 79.9. The number of pyridine rings is 1. The monoisotopic (exact) mass is 441 g/mol. The first-order chi connectivity index (χ1) is 13.1. The number of fused-ring (bicyclic) bond motifs is 1. The molecule has 0 unspecified atom stereocenters. The Hall–Kier alpha value is -2.45. The van der Waals surface area contributed by atoms with Crippen molar-refractivity contribution in [3.63, 3.8) is 0 Å². The van der Waals surface area contributed by atoms with Gasteiger partial charge >= 0.3 is 0 Å². The van der Waals surface area contributed by atoms with Gasteiger partial charge < -0.3 is 4.57 Å². The van der Waals surface area contributed by atoms with Gasteiger partial charge in [0.15, 0.2) is 5.16 Å². The van der Waals surface area contributed by atoms with E-state index in [2.05, 4.69) is 43.2 Å². The first kappa shape index (κ1) is 17.9. The molecule has 0 aliphatic rings. The molecular formula is C19H16BrN5OS. The Balaban J connectivity index is 1.51. The van der Waals surface area contributed by atoms with Crippen LogP contribution in [0.15, 0.2) is 69.2 Å². The molecule has 0 atom stereocenters. The molecule has 1 aromatic carbocycles. The van der Waals surface area contributed by atoms with Gasteiger partial charge in [-0.1, -0.05) is 42.1 Å². The van der Waals surface area contributed by atoms with Crippen molar-refractivity contribution in [2.24, 2.45) is 7.05 Å². The summed E-state index contributed by atoms with van der Waals surface area (Å²) in [5.41, 5.74) is 2.45. The lowest BCUT2D eigenvalue weighted by Gasteiger charge is -2.05. The number of rotatable bonds is 5. The summed E-state index contributed by atoms with van der Waals surface area (Å²) < 4.78 is 4.35. The molecule has 0 amide bonds. The lowest BCUT2D eigenvalue weighted by atomic mass is 10.1. The van der Waals surface area contributed by atoms with Gasteiger partial charge in [0.2, 0.25) is 0 Å². The van der Waals surface area contributed by atoms with Gasteiger partial charge in [-0.3, -0.25) is 9.20 Å². The fourth-order valence-corrected chi connectivity index (χ4v) is 3.90. The summed E-state index contributed by atoms with van der Waals surface area (Å²) in [4.78, 5) is 16.9. The van der Waals surface area contributed by atoms with E-state index in [1.807, 2.05) is 41.9 Å². The highest BCUT2D eigenvalue weighted by Crippen LogP contribution is 2.21. The van der Waals surface area contributed by atoms with E-state index < -0.39 is 0 Å². The van der Waals surface area contributed by atoms with E-state index >= 15 is 0 Å². The molecule has 0 fully saturated rings. The van der Waals surface area contributed by atoms with Crippen LogP contribution in [0.25, 0.3) is 5.65 Å². The average molecular weight is 442 g/mol. The van der Waals surface area contributed by atoms with Crippen LogP contribution in [0.5, 0.6) is 0 Å².